The number of carbonyl (C=O) groups is 1. The third kappa shape index (κ3) is 8.79. The Morgan fingerprint density at radius 1 is 1.31 bits per heavy atom. The molecule has 0 saturated carbocycles. The topological polar surface area (TPSA) is 26.3 Å². The van der Waals surface area contributed by atoms with Gasteiger partial charge in [-0.05, 0) is 25.7 Å². The third-order valence-electron chi connectivity index (χ3n) is 2.43. The monoisotopic (exact) mass is 404 g/mol. The maximum absolute atomic E-state index is 11.0. The van der Waals surface area contributed by atoms with Crippen LogP contribution in [0.25, 0.3) is 0 Å². The van der Waals surface area contributed by atoms with Crippen LogP contribution in [0.1, 0.15) is 52.4 Å². The quantitative estimate of drug-likeness (QED) is 0.245. The second kappa shape index (κ2) is 10.8. The van der Waals surface area contributed by atoms with Crippen molar-refractivity contribution in [3.8, 4) is 0 Å². The van der Waals surface area contributed by atoms with E-state index < -0.39 is 0 Å². The lowest BCUT2D eigenvalue weighted by Gasteiger charge is -2.22. The molecule has 0 amide bonds. The maximum atomic E-state index is 11.0. The Morgan fingerprint density at radius 2 is 2.00 bits per heavy atom. The van der Waals surface area contributed by atoms with Gasteiger partial charge >= 0.3 is 5.97 Å². The average Bonchev–Trinajstić information content (AvgIpc) is 2.24. The van der Waals surface area contributed by atoms with Crippen LogP contribution in [0.2, 0.25) is 0 Å². The van der Waals surface area contributed by atoms with E-state index in [-0.39, 0.29) is 12.1 Å². The second-order valence-corrected chi connectivity index (χ2v) is 6.38. The fourth-order valence-corrected chi connectivity index (χ4v) is 2.85. The summed E-state index contributed by atoms with van der Waals surface area (Å²) in [6, 6.07) is 0. The fraction of sp³-hybridized carbons (Fsp3) is 0.917. The number of alkyl halides is 2. The highest BCUT2D eigenvalue weighted by Gasteiger charge is 2.20. The molecule has 2 atom stereocenters. The summed E-state index contributed by atoms with van der Waals surface area (Å²) in [6.45, 7) is 3.69. The summed E-state index contributed by atoms with van der Waals surface area (Å²) in [5, 5.41) is 1.02. The number of esters is 1. The molecular formula is C12H22BrIO2. The van der Waals surface area contributed by atoms with Gasteiger partial charge in [0.25, 0.3) is 0 Å². The molecule has 16 heavy (non-hydrogen) atoms. The van der Waals surface area contributed by atoms with Gasteiger partial charge in [-0.3, -0.25) is 4.79 Å². The summed E-state index contributed by atoms with van der Waals surface area (Å²) in [6.07, 6.45) is 6.93. The Kier molecular flexibility index (Phi) is 11.3. The molecule has 2 nitrogen and oxygen atoms in total. The first-order valence-electron chi connectivity index (χ1n) is 5.99. The molecule has 0 aromatic heterocycles. The number of halogens is 2. The molecule has 0 aliphatic carbocycles. The Bertz CT molecular complexity index is 188. The summed E-state index contributed by atoms with van der Waals surface area (Å²) in [5.74, 6) is -0.151. The van der Waals surface area contributed by atoms with Crippen molar-refractivity contribution in [2.24, 2.45) is 0 Å². The summed E-state index contributed by atoms with van der Waals surface area (Å²) in [7, 11) is 0. The van der Waals surface area contributed by atoms with Gasteiger partial charge in [0.05, 0.1) is 0 Å². The molecular weight excluding hydrogens is 383 g/mol. The van der Waals surface area contributed by atoms with E-state index in [9.17, 15) is 4.79 Å². The van der Waals surface area contributed by atoms with Gasteiger partial charge in [-0.25, -0.2) is 0 Å². The van der Waals surface area contributed by atoms with Gasteiger partial charge in [0, 0.05) is 16.2 Å². The van der Waals surface area contributed by atoms with Gasteiger partial charge in [0.2, 0.25) is 0 Å². The lowest BCUT2D eigenvalue weighted by Crippen LogP contribution is -2.26. The smallest absolute Gasteiger partial charge is 0.302 e. The molecule has 0 fully saturated rings. The van der Waals surface area contributed by atoms with Crippen LogP contribution in [0.3, 0.4) is 0 Å². The fourth-order valence-electron chi connectivity index (χ4n) is 1.58. The zero-order chi connectivity index (χ0) is 12.4. The molecule has 0 spiro atoms. The number of hydrogen-bond acceptors (Lipinski definition) is 2. The molecule has 0 N–H and O–H groups in total. The van der Waals surface area contributed by atoms with E-state index in [4.69, 9.17) is 4.74 Å². The zero-order valence-corrected chi connectivity index (χ0v) is 13.9. The van der Waals surface area contributed by atoms with Gasteiger partial charge in [0.15, 0.2) is 0 Å². The van der Waals surface area contributed by atoms with Gasteiger partial charge in [-0.15, -0.1) is 0 Å². The highest BCUT2D eigenvalue weighted by Crippen LogP contribution is 2.22. The summed E-state index contributed by atoms with van der Waals surface area (Å²) >= 11 is 5.84. The molecule has 0 aromatic rings. The van der Waals surface area contributed by atoms with Gasteiger partial charge in [0.1, 0.15) is 6.10 Å². The SMILES string of the molecule is CCCCC[C@@H](OC(C)=O)[C@H](I)CCCBr. The van der Waals surface area contributed by atoms with Crippen LogP contribution in [0.5, 0.6) is 0 Å². The highest BCUT2D eigenvalue weighted by atomic mass is 127. The summed E-state index contributed by atoms with van der Waals surface area (Å²) < 4.78 is 5.83. The van der Waals surface area contributed by atoms with E-state index in [0.29, 0.717) is 3.92 Å². The summed E-state index contributed by atoms with van der Waals surface area (Å²) in [4.78, 5) is 11.0. The largest absolute Gasteiger partial charge is 0.461 e. The number of unbranched alkanes of at least 4 members (excludes halogenated alkanes) is 2. The van der Waals surface area contributed by atoms with Crippen molar-refractivity contribution < 1.29 is 9.53 Å². The van der Waals surface area contributed by atoms with Crippen LogP contribution in [0.15, 0.2) is 0 Å². The van der Waals surface area contributed by atoms with E-state index >= 15 is 0 Å². The second-order valence-electron chi connectivity index (χ2n) is 3.99. The van der Waals surface area contributed by atoms with E-state index in [1.54, 1.807) is 0 Å². The van der Waals surface area contributed by atoms with Crippen molar-refractivity contribution in [1.29, 1.82) is 0 Å². The maximum Gasteiger partial charge on any atom is 0.302 e. The molecule has 0 heterocycles. The van der Waals surface area contributed by atoms with Crippen LogP contribution in [0, 0.1) is 0 Å². The minimum absolute atomic E-state index is 0.101. The third-order valence-corrected chi connectivity index (χ3v) is 4.41. The molecule has 0 radical (unpaired) electrons. The Labute approximate surface area is 121 Å². The molecule has 0 aliphatic rings. The molecule has 0 unspecified atom stereocenters. The lowest BCUT2D eigenvalue weighted by atomic mass is 10.1. The normalized spacial score (nSPS) is 14.5. The minimum Gasteiger partial charge on any atom is -0.461 e. The van der Waals surface area contributed by atoms with E-state index in [1.165, 1.54) is 19.8 Å². The predicted molar refractivity (Wildman–Crippen MR) is 80.5 cm³/mol. The van der Waals surface area contributed by atoms with Crippen molar-refractivity contribution >= 4 is 44.5 Å². The summed E-state index contributed by atoms with van der Waals surface area (Å²) in [5.41, 5.74) is 0. The molecule has 0 bridgehead atoms. The van der Waals surface area contributed by atoms with Crippen molar-refractivity contribution in [3.05, 3.63) is 0 Å². The number of rotatable bonds is 9. The lowest BCUT2D eigenvalue weighted by molar-refractivity contribution is -0.146. The minimum atomic E-state index is -0.151. The molecule has 96 valence electrons. The van der Waals surface area contributed by atoms with Gasteiger partial charge in [-0.1, -0.05) is 58.3 Å². The van der Waals surface area contributed by atoms with Crippen LogP contribution >= 0.6 is 38.5 Å². The number of carbonyl (C=O) groups excluding carboxylic acids is 1. The van der Waals surface area contributed by atoms with Crippen molar-refractivity contribution in [2.75, 3.05) is 5.33 Å². The Morgan fingerprint density at radius 3 is 2.50 bits per heavy atom. The molecule has 4 heteroatoms. The first kappa shape index (κ1) is 16.7. The first-order chi connectivity index (χ1) is 7.61. The van der Waals surface area contributed by atoms with Crippen LogP contribution < -0.4 is 0 Å². The number of hydrogen-bond donors (Lipinski definition) is 0. The van der Waals surface area contributed by atoms with Gasteiger partial charge in [-0.2, -0.15) is 0 Å². The van der Waals surface area contributed by atoms with Crippen molar-refractivity contribution in [3.63, 3.8) is 0 Å². The Hall–Kier alpha value is 0.680. The van der Waals surface area contributed by atoms with E-state index in [1.807, 2.05) is 0 Å². The van der Waals surface area contributed by atoms with Crippen molar-refractivity contribution in [1.82, 2.24) is 0 Å². The zero-order valence-electron chi connectivity index (χ0n) is 10.2. The van der Waals surface area contributed by atoms with Crippen molar-refractivity contribution in [2.45, 2.75) is 62.4 Å². The van der Waals surface area contributed by atoms with Crippen LogP contribution in [0.4, 0.5) is 0 Å². The van der Waals surface area contributed by atoms with E-state index in [2.05, 4.69) is 45.4 Å². The highest BCUT2D eigenvalue weighted by molar-refractivity contribution is 14.1. The van der Waals surface area contributed by atoms with Gasteiger partial charge < -0.3 is 4.74 Å². The average molecular weight is 405 g/mol. The number of ether oxygens (including phenoxy) is 1. The molecule has 0 saturated heterocycles. The molecule has 0 aromatic carbocycles. The first-order valence-corrected chi connectivity index (χ1v) is 8.35. The van der Waals surface area contributed by atoms with E-state index in [0.717, 1.165) is 31.0 Å². The predicted octanol–water partition coefficient (Wildman–Crippen LogP) is 4.48. The Balaban J connectivity index is 4.01. The standard InChI is InChI=1S/C12H22BrIO2/c1-3-4-5-8-12(16-10(2)15)11(14)7-6-9-13/h11-12H,3-9H2,1-2H3/t11-,12-/m1/s1. The van der Waals surface area contributed by atoms with Crippen LogP contribution in [-0.4, -0.2) is 21.3 Å². The molecule has 0 aliphatic heterocycles. The molecule has 0 rings (SSSR count). The van der Waals surface area contributed by atoms with Crippen LogP contribution in [-0.2, 0) is 9.53 Å².